The molecule has 0 spiro atoms. The molecule has 0 N–H and O–H groups in total. The first-order valence-corrected chi connectivity index (χ1v) is 7.76. The molecule has 0 bridgehead atoms. The van der Waals surface area contributed by atoms with Crippen molar-refractivity contribution in [2.75, 3.05) is 0 Å². The highest BCUT2D eigenvalue weighted by Gasteiger charge is 2.14. The van der Waals surface area contributed by atoms with E-state index in [1.807, 2.05) is 18.3 Å². The molecule has 0 unspecified atom stereocenters. The molecule has 23 heavy (non-hydrogen) atoms. The molecule has 0 amide bonds. The third kappa shape index (κ3) is 1.72. The van der Waals surface area contributed by atoms with E-state index >= 15 is 0 Å². The average Bonchev–Trinajstić information content (AvgIpc) is 2.97. The van der Waals surface area contributed by atoms with Gasteiger partial charge in [0.1, 0.15) is 0 Å². The molecule has 2 aromatic heterocycles. The maximum absolute atomic E-state index is 4.65. The lowest BCUT2D eigenvalue weighted by atomic mass is 10.1. The molecule has 0 aliphatic rings. The SMILES string of the molecule is c1ccc(-n2c3ccccc3c3c4ncccc4ccc32)cc1. The minimum absolute atomic E-state index is 1.07. The lowest BCUT2D eigenvalue weighted by Crippen LogP contribution is -1.92. The van der Waals surface area contributed by atoms with Crippen LogP contribution < -0.4 is 0 Å². The molecule has 2 heterocycles. The Bertz CT molecular complexity index is 1150. The third-order valence-electron chi connectivity index (χ3n) is 4.42. The van der Waals surface area contributed by atoms with E-state index in [1.54, 1.807) is 0 Å². The Balaban J connectivity index is 2.07. The monoisotopic (exact) mass is 294 g/mol. The van der Waals surface area contributed by atoms with Gasteiger partial charge in [0.05, 0.1) is 16.6 Å². The van der Waals surface area contributed by atoms with Crippen LogP contribution in [0.1, 0.15) is 0 Å². The molecule has 0 saturated carbocycles. The second-order valence-electron chi connectivity index (χ2n) is 5.72. The fourth-order valence-electron chi connectivity index (χ4n) is 3.45. The molecule has 5 aromatic rings. The topological polar surface area (TPSA) is 17.8 Å². The van der Waals surface area contributed by atoms with Crippen LogP contribution in [0, 0.1) is 0 Å². The summed E-state index contributed by atoms with van der Waals surface area (Å²) in [6.45, 7) is 0. The van der Waals surface area contributed by atoms with E-state index in [1.165, 1.54) is 32.9 Å². The first-order chi connectivity index (χ1) is 11.4. The molecular weight excluding hydrogens is 280 g/mol. The van der Waals surface area contributed by atoms with Gasteiger partial charge in [0.15, 0.2) is 0 Å². The van der Waals surface area contributed by atoms with Crippen molar-refractivity contribution in [1.29, 1.82) is 0 Å². The Labute approximate surface area is 133 Å². The van der Waals surface area contributed by atoms with E-state index in [4.69, 9.17) is 0 Å². The van der Waals surface area contributed by atoms with Gasteiger partial charge in [-0.3, -0.25) is 4.98 Å². The van der Waals surface area contributed by atoms with Crippen LogP contribution in [0.4, 0.5) is 0 Å². The van der Waals surface area contributed by atoms with Gasteiger partial charge in [-0.1, -0.05) is 48.5 Å². The van der Waals surface area contributed by atoms with E-state index in [-0.39, 0.29) is 0 Å². The summed E-state index contributed by atoms with van der Waals surface area (Å²) < 4.78 is 2.32. The van der Waals surface area contributed by atoms with Crippen molar-refractivity contribution in [3.63, 3.8) is 0 Å². The van der Waals surface area contributed by atoms with Crippen LogP contribution in [-0.4, -0.2) is 9.55 Å². The van der Waals surface area contributed by atoms with Gasteiger partial charge in [-0.05, 0) is 30.3 Å². The number of benzene rings is 3. The van der Waals surface area contributed by atoms with Gasteiger partial charge in [0, 0.05) is 28.0 Å². The number of pyridine rings is 1. The lowest BCUT2D eigenvalue weighted by molar-refractivity contribution is 1.18. The number of aromatic nitrogens is 2. The fourth-order valence-corrected chi connectivity index (χ4v) is 3.45. The number of nitrogens with zero attached hydrogens (tertiary/aromatic N) is 2. The van der Waals surface area contributed by atoms with Gasteiger partial charge in [-0.15, -0.1) is 0 Å². The smallest absolute Gasteiger partial charge is 0.0802 e. The van der Waals surface area contributed by atoms with Crippen LogP contribution >= 0.6 is 0 Å². The van der Waals surface area contributed by atoms with Gasteiger partial charge in [-0.2, -0.15) is 0 Å². The Morgan fingerprint density at radius 1 is 0.652 bits per heavy atom. The summed E-state index contributed by atoms with van der Waals surface area (Å²) in [4.78, 5) is 4.65. The number of hydrogen-bond donors (Lipinski definition) is 0. The Morgan fingerprint density at radius 3 is 2.39 bits per heavy atom. The summed E-state index contributed by atoms with van der Waals surface area (Å²) in [7, 11) is 0. The van der Waals surface area contributed by atoms with Crippen LogP contribution in [-0.2, 0) is 0 Å². The van der Waals surface area contributed by atoms with Gasteiger partial charge < -0.3 is 4.57 Å². The molecule has 0 aliphatic carbocycles. The first-order valence-electron chi connectivity index (χ1n) is 7.76. The van der Waals surface area contributed by atoms with Gasteiger partial charge in [0.2, 0.25) is 0 Å². The van der Waals surface area contributed by atoms with E-state index in [0.29, 0.717) is 0 Å². The zero-order chi connectivity index (χ0) is 15.2. The first kappa shape index (κ1) is 12.4. The highest BCUT2D eigenvalue weighted by molar-refractivity contribution is 6.19. The van der Waals surface area contributed by atoms with E-state index in [2.05, 4.69) is 76.3 Å². The molecule has 3 aromatic carbocycles. The molecule has 2 heteroatoms. The average molecular weight is 294 g/mol. The standard InChI is InChI=1S/C21H14N2/c1-2-8-16(9-3-1)23-18-11-5-4-10-17(18)20-19(23)13-12-15-7-6-14-22-21(15)20/h1-14H. The van der Waals surface area contributed by atoms with E-state index in [9.17, 15) is 0 Å². The van der Waals surface area contributed by atoms with Crippen LogP contribution in [0.5, 0.6) is 0 Å². The second kappa shape index (κ2) is 4.68. The minimum atomic E-state index is 1.07. The summed E-state index contributed by atoms with van der Waals surface area (Å²) >= 11 is 0. The van der Waals surface area contributed by atoms with Crippen molar-refractivity contribution in [3.8, 4) is 5.69 Å². The molecule has 0 aliphatic heterocycles. The van der Waals surface area contributed by atoms with Crippen molar-refractivity contribution in [1.82, 2.24) is 9.55 Å². The fraction of sp³-hybridized carbons (Fsp3) is 0. The molecule has 2 nitrogen and oxygen atoms in total. The Morgan fingerprint density at radius 2 is 1.48 bits per heavy atom. The largest absolute Gasteiger partial charge is 0.309 e. The lowest BCUT2D eigenvalue weighted by Gasteiger charge is -2.07. The summed E-state index contributed by atoms with van der Waals surface area (Å²) in [6, 6.07) is 27.5. The van der Waals surface area contributed by atoms with Gasteiger partial charge in [0.25, 0.3) is 0 Å². The van der Waals surface area contributed by atoms with Crippen LogP contribution in [0.3, 0.4) is 0 Å². The van der Waals surface area contributed by atoms with Crippen molar-refractivity contribution < 1.29 is 0 Å². The Hall–Kier alpha value is -3.13. The van der Waals surface area contributed by atoms with Crippen molar-refractivity contribution >= 4 is 32.7 Å². The predicted molar refractivity (Wildman–Crippen MR) is 96.1 cm³/mol. The zero-order valence-electron chi connectivity index (χ0n) is 12.5. The molecular formula is C21H14N2. The number of rotatable bonds is 1. The quantitative estimate of drug-likeness (QED) is 0.408. The van der Waals surface area contributed by atoms with E-state index in [0.717, 1.165) is 5.52 Å². The summed E-state index contributed by atoms with van der Waals surface area (Å²) in [6.07, 6.45) is 1.87. The number of hydrogen-bond acceptors (Lipinski definition) is 1. The molecule has 0 saturated heterocycles. The van der Waals surface area contributed by atoms with Crippen molar-refractivity contribution in [3.05, 3.63) is 85.1 Å². The minimum Gasteiger partial charge on any atom is -0.309 e. The summed E-state index contributed by atoms with van der Waals surface area (Å²) in [5, 5.41) is 3.65. The van der Waals surface area contributed by atoms with Crippen LogP contribution in [0.25, 0.3) is 38.4 Å². The van der Waals surface area contributed by atoms with Gasteiger partial charge in [-0.25, -0.2) is 0 Å². The summed E-state index contributed by atoms with van der Waals surface area (Å²) in [5.41, 5.74) is 4.65. The maximum Gasteiger partial charge on any atom is 0.0802 e. The second-order valence-corrected chi connectivity index (χ2v) is 5.72. The molecule has 108 valence electrons. The van der Waals surface area contributed by atoms with E-state index < -0.39 is 0 Å². The summed E-state index contributed by atoms with van der Waals surface area (Å²) in [5.74, 6) is 0. The number of para-hydroxylation sites is 2. The molecule has 0 fully saturated rings. The van der Waals surface area contributed by atoms with Crippen molar-refractivity contribution in [2.45, 2.75) is 0 Å². The molecule has 0 radical (unpaired) electrons. The normalized spacial score (nSPS) is 11.5. The predicted octanol–water partition coefficient (Wildman–Crippen LogP) is 5.33. The van der Waals surface area contributed by atoms with Gasteiger partial charge >= 0.3 is 0 Å². The van der Waals surface area contributed by atoms with Crippen LogP contribution in [0.15, 0.2) is 85.1 Å². The number of fused-ring (bicyclic) bond motifs is 5. The third-order valence-corrected chi connectivity index (χ3v) is 4.42. The Kier molecular flexibility index (Phi) is 2.53. The maximum atomic E-state index is 4.65. The molecule has 0 atom stereocenters. The molecule has 5 rings (SSSR count). The highest BCUT2D eigenvalue weighted by atomic mass is 15.0. The zero-order valence-corrected chi connectivity index (χ0v) is 12.5. The van der Waals surface area contributed by atoms with Crippen LogP contribution in [0.2, 0.25) is 0 Å². The highest BCUT2D eigenvalue weighted by Crippen LogP contribution is 2.35. The van der Waals surface area contributed by atoms with Crippen molar-refractivity contribution in [2.24, 2.45) is 0 Å².